The molecule has 1 aliphatic carbocycles. The number of hydrogen-bond donors (Lipinski definition) is 0. The van der Waals surface area contributed by atoms with Crippen LogP contribution in [0, 0.1) is 6.08 Å². The van der Waals surface area contributed by atoms with Crippen LogP contribution >= 0.6 is 0 Å². The van der Waals surface area contributed by atoms with Crippen LogP contribution in [0.4, 0.5) is 0 Å². The summed E-state index contributed by atoms with van der Waals surface area (Å²) in [5, 5.41) is 1.45. The summed E-state index contributed by atoms with van der Waals surface area (Å²) in [5.74, 6) is 0. The van der Waals surface area contributed by atoms with Crippen molar-refractivity contribution in [2.24, 2.45) is 0 Å². The predicted molar refractivity (Wildman–Crippen MR) is 48.7 cm³/mol. The minimum Gasteiger partial charge on any atom is -0.0613 e. The van der Waals surface area contributed by atoms with Gasteiger partial charge in [-0.15, -0.1) is 0 Å². The summed E-state index contributed by atoms with van der Waals surface area (Å²) in [5.41, 5.74) is 1.36. The molecule has 0 aromatic rings. The summed E-state index contributed by atoms with van der Waals surface area (Å²) in [6.07, 6.45) is 8.93. The van der Waals surface area contributed by atoms with E-state index in [0.717, 1.165) is 6.42 Å². The van der Waals surface area contributed by atoms with Gasteiger partial charge in [0.05, 0.1) is 0 Å². The van der Waals surface area contributed by atoms with Crippen LogP contribution in [0.1, 0.15) is 13.3 Å². The summed E-state index contributed by atoms with van der Waals surface area (Å²) >= 11 is 0. The third-order valence-electron chi connectivity index (χ3n) is 1.67. The Morgan fingerprint density at radius 1 is 1.40 bits per heavy atom. The van der Waals surface area contributed by atoms with E-state index in [4.69, 9.17) is 0 Å². The van der Waals surface area contributed by atoms with Crippen LogP contribution in [0.15, 0.2) is 17.7 Å². The molecular weight excluding hydrogens is 136 g/mol. The van der Waals surface area contributed by atoms with E-state index in [1.54, 1.807) is 0 Å². The van der Waals surface area contributed by atoms with Crippen molar-refractivity contribution in [1.82, 2.24) is 0 Å². The SMILES string of the molecule is CCC1=[C]C(=[Si](C)C)C=C1. The van der Waals surface area contributed by atoms with Gasteiger partial charge in [0, 0.05) is 8.41 Å². The first-order valence-corrected chi connectivity index (χ1v) is 6.22. The molecule has 1 radical (unpaired) electrons. The van der Waals surface area contributed by atoms with Crippen molar-refractivity contribution in [3.8, 4) is 0 Å². The van der Waals surface area contributed by atoms with E-state index in [1.165, 1.54) is 10.7 Å². The Morgan fingerprint density at radius 3 is 2.40 bits per heavy atom. The predicted octanol–water partition coefficient (Wildman–Crippen LogP) is 2.20. The molecule has 0 atom stereocenters. The second kappa shape index (κ2) is 3.11. The fourth-order valence-electron chi connectivity index (χ4n) is 0.938. The van der Waals surface area contributed by atoms with Gasteiger partial charge in [0.15, 0.2) is 0 Å². The van der Waals surface area contributed by atoms with Gasteiger partial charge < -0.3 is 0 Å². The first-order valence-electron chi connectivity index (χ1n) is 3.72. The van der Waals surface area contributed by atoms with E-state index < -0.39 is 0 Å². The highest BCUT2D eigenvalue weighted by Crippen LogP contribution is 2.08. The van der Waals surface area contributed by atoms with Crippen molar-refractivity contribution in [1.29, 1.82) is 0 Å². The molecule has 0 aliphatic heterocycles. The highest BCUT2D eigenvalue weighted by molar-refractivity contribution is 6.72. The molecule has 0 fully saturated rings. The Kier molecular flexibility index (Phi) is 2.38. The smallest absolute Gasteiger partial charge is 0.0136 e. The monoisotopic (exact) mass is 149 g/mol. The van der Waals surface area contributed by atoms with E-state index in [0.29, 0.717) is 0 Å². The van der Waals surface area contributed by atoms with Gasteiger partial charge in [-0.05, 0) is 23.2 Å². The summed E-state index contributed by atoms with van der Waals surface area (Å²) in [4.78, 5) is 0. The number of allylic oxidation sites excluding steroid dienone is 4. The minimum atomic E-state index is -0.257. The average Bonchev–Trinajstić information content (AvgIpc) is 2.34. The van der Waals surface area contributed by atoms with Gasteiger partial charge in [-0.1, -0.05) is 32.2 Å². The second-order valence-electron chi connectivity index (χ2n) is 2.75. The topological polar surface area (TPSA) is 0 Å². The van der Waals surface area contributed by atoms with Crippen LogP contribution in [0.5, 0.6) is 0 Å². The summed E-state index contributed by atoms with van der Waals surface area (Å²) in [6, 6.07) is 0. The summed E-state index contributed by atoms with van der Waals surface area (Å²) < 4.78 is 0. The first kappa shape index (κ1) is 7.67. The van der Waals surface area contributed by atoms with Crippen LogP contribution < -0.4 is 0 Å². The van der Waals surface area contributed by atoms with Gasteiger partial charge in [0.1, 0.15) is 0 Å². The van der Waals surface area contributed by atoms with Crippen molar-refractivity contribution in [2.45, 2.75) is 26.4 Å². The summed E-state index contributed by atoms with van der Waals surface area (Å²) in [7, 11) is -0.257. The molecule has 1 rings (SSSR count). The maximum Gasteiger partial charge on any atom is 0.0136 e. The quantitative estimate of drug-likeness (QED) is 0.501. The Balaban J connectivity index is 2.85. The van der Waals surface area contributed by atoms with Gasteiger partial charge in [0.2, 0.25) is 0 Å². The largest absolute Gasteiger partial charge is 0.0613 e. The molecule has 0 saturated heterocycles. The van der Waals surface area contributed by atoms with E-state index in [1.807, 2.05) is 0 Å². The number of hydrogen-bond acceptors (Lipinski definition) is 0. The molecule has 0 aromatic heterocycles. The molecule has 0 N–H and O–H groups in total. The van der Waals surface area contributed by atoms with E-state index in [2.05, 4.69) is 38.2 Å². The molecule has 0 heterocycles. The van der Waals surface area contributed by atoms with Crippen molar-refractivity contribution in [3.63, 3.8) is 0 Å². The van der Waals surface area contributed by atoms with Gasteiger partial charge in [0.25, 0.3) is 0 Å². The van der Waals surface area contributed by atoms with Gasteiger partial charge in [-0.3, -0.25) is 0 Å². The molecule has 53 valence electrons. The zero-order chi connectivity index (χ0) is 7.56. The lowest BCUT2D eigenvalue weighted by Gasteiger charge is -1.90. The Morgan fingerprint density at radius 2 is 2.10 bits per heavy atom. The molecule has 0 spiro atoms. The molecule has 0 unspecified atom stereocenters. The maximum atomic E-state index is 3.41. The van der Waals surface area contributed by atoms with Crippen molar-refractivity contribution in [2.75, 3.05) is 0 Å². The van der Waals surface area contributed by atoms with E-state index in [-0.39, 0.29) is 8.41 Å². The molecule has 1 heteroatoms. The zero-order valence-corrected chi connectivity index (χ0v) is 7.86. The maximum absolute atomic E-state index is 3.41. The van der Waals surface area contributed by atoms with Gasteiger partial charge >= 0.3 is 0 Å². The highest BCUT2D eigenvalue weighted by Gasteiger charge is 2.00. The van der Waals surface area contributed by atoms with Gasteiger partial charge in [-0.25, -0.2) is 0 Å². The molecular formula is C9H13Si. The van der Waals surface area contributed by atoms with Crippen LogP contribution in [-0.2, 0) is 0 Å². The third kappa shape index (κ3) is 1.54. The Labute approximate surface area is 64.5 Å². The lowest BCUT2D eigenvalue weighted by molar-refractivity contribution is 1.15. The Bertz CT molecular complexity index is 215. The highest BCUT2D eigenvalue weighted by atomic mass is 28.2. The van der Waals surface area contributed by atoms with E-state index >= 15 is 0 Å². The first-order chi connectivity index (χ1) is 4.74. The summed E-state index contributed by atoms with van der Waals surface area (Å²) in [6.45, 7) is 6.78. The molecule has 0 aromatic carbocycles. The minimum absolute atomic E-state index is 0.257. The van der Waals surface area contributed by atoms with Crippen LogP contribution in [0.2, 0.25) is 13.1 Å². The Hall–Kier alpha value is -0.433. The normalized spacial score (nSPS) is 15.9. The van der Waals surface area contributed by atoms with E-state index in [9.17, 15) is 0 Å². The lowest BCUT2D eigenvalue weighted by Crippen LogP contribution is -2.00. The van der Waals surface area contributed by atoms with Crippen LogP contribution in [0.3, 0.4) is 0 Å². The molecule has 0 amide bonds. The fraction of sp³-hybridized carbons (Fsp3) is 0.444. The van der Waals surface area contributed by atoms with Crippen molar-refractivity contribution < 1.29 is 0 Å². The lowest BCUT2D eigenvalue weighted by atomic mass is 10.2. The fourth-order valence-corrected chi connectivity index (χ4v) is 1.77. The van der Waals surface area contributed by atoms with Crippen molar-refractivity contribution >= 4 is 13.6 Å². The average molecular weight is 149 g/mol. The standard InChI is InChI=1S/C9H13Si/c1-4-8-5-6-9(7-8)10(2)3/h5-6H,4H2,1-3H3. The molecule has 0 nitrogen and oxygen atoms in total. The molecule has 0 saturated carbocycles. The van der Waals surface area contributed by atoms with Crippen LogP contribution in [0.25, 0.3) is 0 Å². The molecule has 0 bridgehead atoms. The van der Waals surface area contributed by atoms with Crippen LogP contribution in [-0.4, -0.2) is 13.6 Å². The molecule has 10 heavy (non-hydrogen) atoms. The zero-order valence-electron chi connectivity index (χ0n) is 6.86. The van der Waals surface area contributed by atoms with Crippen molar-refractivity contribution in [3.05, 3.63) is 23.8 Å². The second-order valence-corrected chi connectivity index (χ2v) is 5.29. The van der Waals surface area contributed by atoms with Gasteiger partial charge in [-0.2, -0.15) is 0 Å². The number of rotatable bonds is 1. The molecule has 1 aliphatic rings. The third-order valence-corrected chi connectivity index (χ3v) is 3.04.